The fraction of sp³-hybridized carbons (Fsp3) is 0.333. The summed E-state index contributed by atoms with van der Waals surface area (Å²) in [6, 6.07) is 14.5. The van der Waals surface area contributed by atoms with Crippen molar-refractivity contribution in [3.8, 4) is 0 Å². The van der Waals surface area contributed by atoms with Gasteiger partial charge >= 0.3 is 5.97 Å². The molecule has 0 aromatic heterocycles. The number of carboxylic acid groups (broad SMARTS) is 1. The number of nitrogens with zero attached hydrogens (tertiary/aromatic N) is 2. The minimum Gasteiger partial charge on any atom is -0.481 e. The third kappa shape index (κ3) is 5.02. The molecular formula is C21H25N3O4S. The van der Waals surface area contributed by atoms with E-state index in [-0.39, 0.29) is 18.0 Å². The lowest BCUT2D eigenvalue weighted by Crippen LogP contribution is -2.40. The van der Waals surface area contributed by atoms with Gasteiger partial charge in [0.2, 0.25) is 10.0 Å². The second kappa shape index (κ2) is 8.75. The molecule has 1 aliphatic heterocycles. The van der Waals surface area contributed by atoms with Crippen molar-refractivity contribution < 1.29 is 18.3 Å². The second-order valence-electron chi connectivity index (χ2n) is 7.22. The van der Waals surface area contributed by atoms with Gasteiger partial charge in [-0.15, -0.1) is 0 Å². The monoisotopic (exact) mass is 415 g/mol. The molecule has 1 aliphatic rings. The third-order valence-electron chi connectivity index (χ3n) is 5.10. The Hall–Kier alpha value is -2.71. The molecule has 2 N–H and O–H groups in total. The van der Waals surface area contributed by atoms with Crippen molar-refractivity contribution >= 4 is 27.4 Å². The van der Waals surface area contributed by atoms with Crippen LogP contribution in [0.2, 0.25) is 0 Å². The highest BCUT2D eigenvalue weighted by Crippen LogP contribution is 2.24. The van der Waals surface area contributed by atoms with Crippen LogP contribution in [0, 0.1) is 12.8 Å². The first kappa shape index (κ1) is 21.0. The summed E-state index contributed by atoms with van der Waals surface area (Å²) in [6.45, 7) is 4.25. The number of sulfonamides is 1. The Balaban J connectivity index is 1.75. The first-order valence-electron chi connectivity index (χ1n) is 9.48. The summed E-state index contributed by atoms with van der Waals surface area (Å²) in [5, 5.41) is 13.5. The van der Waals surface area contributed by atoms with E-state index in [1.165, 1.54) is 4.31 Å². The van der Waals surface area contributed by atoms with E-state index in [1.807, 2.05) is 44.2 Å². The lowest BCUT2D eigenvalue weighted by molar-refractivity contribution is -0.142. The summed E-state index contributed by atoms with van der Waals surface area (Å²) in [5.74, 6) is -1.34. The standard InChI is InChI=1S/C21H25N3O4S/c1-15-6-8-19(9-7-15)23-22-16(2)18-4-3-5-20(14-18)29(27,28)24-12-10-17(11-13-24)21(25)26/h3-9,14,17,23H,10-13H2,1-2H3,(H,25,26)/b22-16-. The summed E-state index contributed by atoms with van der Waals surface area (Å²) in [5.41, 5.74) is 6.34. The summed E-state index contributed by atoms with van der Waals surface area (Å²) in [4.78, 5) is 11.3. The average Bonchev–Trinajstić information content (AvgIpc) is 2.73. The zero-order chi connectivity index (χ0) is 21.0. The summed E-state index contributed by atoms with van der Waals surface area (Å²) in [6.07, 6.45) is 0.657. The Morgan fingerprint density at radius 3 is 2.41 bits per heavy atom. The molecule has 8 heteroatoms. The molecule has 29 heavy (non-hydrogen) atoms. The molecule has 7 nitrogen and oxygen atoms in total. The van der Waals surface area contributed by atoms with Crippen LogP contribution in [0.5, 0.6) is 0 Å². The van der Waals surface area contributed by atoms with Crippen molar-refractivity contribution in [2.24, 2.45) is 11.0 Å². The molecule has 0 bridgehead atoms. The number of piperidine rings is 1. The van der Waals surface area contributed by atoms with Crippen LogP contribution in [0.25, 0.3) is 0 Å². The molecule has 0 spiro atoms. The first-order chi connectivity index (χ1) is 13.8. The minimum atomic E-state index is -3.67. The molecule has 1 heterocycles. The van der Waals surface area contributed by atoms with Crippen molar-refractivity contribution in [2.75, 3.05) is 18.5 Å². The van der Waals surface area contributed by atoms with Crippen LogP contribution >= 0.6 is 0 Å². The summed E-state index contributed by atoms with van der Waals surface area (Å²) < 4.78 is 27.3. The molecule has 1 fully saturated rings. The highest BCUT2D eigenvalue weighted by Gasteiger charge is 2.32. The molecule has 2 aromatic rings. The zero-order valence-electron chi connectivity index (χ0n) is 16.5. The van der Waals surface area contributed by atoms with Crippen LogP contribution in [0.3, 0.4) is 0 Å². The molecule has 154 valence electrons. The van der Waals surface area contributed by atoms with Crippen molar-refractivity contribution in [3.05, 3.63) is 59.7 Å². The molecule has 0 atom stereocenters. The van der Waals surface area contributed by atoms with E-state index in [9.17, 15) is 13.2 Å². The molecule has 0 unspecified atom stereocenters. The lowest BCUT2D eigenvalue weighted by Gasteiger charge is -2.29. The number of hydrogen-bond acceptors (Lipinski definition) is 5. The predicted octanol–water partition coefficient (Wildman–Crippen LogP) is 3.32. The number of benzene rings is 2. The number of carboxylic acids is 1. The highest BCUT2D eigenvalue weighted by molar-refractivity contribution is 7.89. The van der Waals surface area contributed by atoms with Crippen molar-refractivity contribution in [1.82, 2.24) is 4.31 Å². The van der Waals surface area contributed by atoms with Crippen molar-refractivity contribution in [1.29, 1.82) is 0 Å². The van der Waals surface area contributed by atoms with E-state index >= 15 is 0 Å². The maximum absolute atomic E-state index is 13.0. The Bertz CT molecular complexity index is 1010. The molecule has 0 saturated carbocycles. The maximum atomic E-state index is 13.0. The lowest BCUT2D eigenvalue weighted by atomic mass is 9.99. The first-order valence-corrected chi connectivity index (χ1v) is 10.9. The average molecular weight is 416 g/mol. The Labute approximate surface area is 171 Å². The number of rotatable bonds is 6. The highest BCUT2D eigenvalue weighted by atomic mass is 32.2. The van der Waals surface area contributed by atoms with E-state index in [0.717, 1.165) is 11.3 Å². The molecule has 0 aliphatic carbocycles. The molecule has 1 saturated heterocycles. The number of anilines is 1. The quantitative estimate of drug-likeness (QED) is 0.557. The topological polar surface area (TPSA) is 99.1 Å². The van der Waals surface area contributed by atoms with E-state index < -0.39 is 21.9 Å². The SMILES string of the molecule is C/C(=N/Nc1ccc(C)cc1)c1cccc(S(=O)(=O)N2CCC(C(=O)O)CC2)c1. The molecular weight excluding hydrogens is 390 g/mol. The zero-order valence-corrected chi connectivity index (χ0v) is 17.3. The van der Waals surface area contributed by atoms with Crippen LogP contribution in [0.1, 0.15) is 30.9 Å². The fourth-order valence-electron chi connectivity index (χ4n) is 3.21. The van der Waals surface area contributed by atoms with Gasteiger partial charge in [-0.1, -0.05) is 29.8 Å². The van der Waals surface area contributed by atoms with Gasteiger partial charge in [-0.3, -0.25) is 10.2 Å². The third-order valence-corrected chi connectivity index (χ3v) is 6.99. The van der Waals surface area contributed by atoms with Gasteiger partial charge in [0.1, 0.15) is 0 Å². The largest absolute Gasteiger partial charge is 0.481 e. The molecule has 0 amide bonds. The van der Waals surface area contributed by atoms with Crippen LogP contribution in [-0.2, 0) is 14.8 Å². The van der Waals surface area contributed by atoms with Gasteiger partial charge in [-0.2, -0.15) is 9.41 Å². The molecule has 0 radical (unpaired) electrons. The number of nitrogens with one attached hydrogen (secondary N) is 1. The number of carbonyl (C=O) groups is 1. The van der Waals surface area contributed by atoms with E-state index in [1.54, 1.807) is 18.2 Å². The number of hydrazone groups is 1. The van der Waals surface area contributed by atoms with Crippen LogP contribution in [0.15, 0.2) is 58.5 Å². The van der Waals surface area contributed by atoms with Crippen molar-refractivity contribution in [3.63, 3.8) is 0 Å². The smallest absolute Gasteiger partial charge is 0.306 e. The summed E-state index contributed by atoms with van der Waals surface area (Å²) in [7, 11) is -3.67. The van der Waals surface area contributed by atoms with Crippen LogP contribution in [0.4, 0.5) is 5.69 Å². The van der Waals surface area contributed by atoms with Gasteiger partial charge in [0.25, 0.3) is 0 Å². The van der Waals surface area contributed by atoms with Gasteiger partial charge < -0.3 is 5.11 Å². The normalized spacial score (nSPS) is 16.6. The van der Waals surface area contributed by atoms with Crippen molar-refractivity contribution in [2.45, 2.75) is 31.6 Å². The summed E-state index contributed by atoms with van der Waals surface area (Å²) >= 11 is 0. The molecule has 3 rings (SSSR count). The fourth-order valence-corrected chi connectivity index (χ4v) is 4.73. The van der Waals surface area contributed by atoms with Gasteiger partial charge in [0.05, 0.1) is 22.2 Å². The van der Waals surface area contributed by atoms with E-state index in [4.69, 9.17) is 5.11 Å². The van der Waals surface area contributed by atoms with Gasteiger partial charge in [-0.25, -0.2) is 8.42 Å². The predicted molar refractivity (Wildman–Crippen MR) is 113 cm³/mol. The van der Waals surface area contributed by atoms with Crippen LogP contribution in [-0.4, -0.2) is 42.6 Å². The van der Waals surface area contributed by atoms with Gasteiger partial charge in [0, 0.05) is 13.1 Å². The Morgan fingerprint density at radius 1 is 1.14 bits per heavy atom. The van der Waals surface area contributed by atoms with E-state index in [2.05, 4.69) is 10.5 Å². The van der Waals surface area contributed by atoms with E-state index in [0.29, 0.717) is 24.1 Å². The number of aliphatic carboxylic acids is 1. The Kier molecular flexibility index (Phi) is 6.34. The van der Waals surface area contributed by atoms with Crippen LogP contribution < -0.4 is 5.43 Å². The minimum absolute atomic E-state index is 0.189. The van der Waals surface area contributed by atoms with Gasteiger partial charge in [0.15, 0.2) is 0 Å². The number of aryl methyl sites for hydroxylation is 1. The van der Waals surface area contributed by atoms with Gasteiger partial charge in [-0.05, 0) is 56.5 Å². The Morgan fingerprint density at radius 2 is 1.79 bits per heavy atom. The second-order valence-corrected chi connectivity index (χ2v) is 9.16. The molecule has 2 aromatic carbocycles. The number of hydrogen-bond donors (Lipinski definition) is 2. The maximum Gasteiger partial charge on any atom is 0.306 e.